The molecule has 2 heterocycles. The second-order valence-corrected chi connectivity index (χ2v) is 6.75. The van der Waals surface area contributed by atoms with Gasteiger partial charge in [-0.05, 0) is 40.9 Å². The summed E-state index contributed by atoms with van der Waals surface area (Å²) >= 11 is 3.44. The van der Waals surface area contributed by atoms with Gasteiger partial charge in [-0.15, -0.1) is 10.2 Å². The molecule has 2 amide bonds. The number of rotatable bonds is 3. The fraction of sp³-hybridized carbons (Fsp3) is 0.294. The minimum absolute atomic E-state index is 0.0299. The van der Waals surface area contributed by atoms with Crippen LogP contribution in [0.2, 0.25) is 0 Å². The van der Waals surface area contributed by atoms with Gasteiger partial charge >= 0.3 is 0 Å². The van der Waals surface area contributed by atoms with Crippen LogP contribution in [0.3, 0.4) is 0 Å². The number of imide groups is 1. The zero-order valence-corrected chi connectivity index (χ0v) is 14.3. The molecule has 0 radical (unpaired) electrons. The molecule has 1 fully saturated rings. The molecule has 4 rings (SSSR count). The maximum absolute atomic E-state index is 12.5. The van der Waals surface area contributed by atoms with Crippen molar-refractivity contribution in [1.82, 2.24) is 15.1 Å². The summed E-state index contributed by atoms with van der Waals surface area (Å²) in [4.78, 5) is 26.2. The largest absolute Gasteiger partial charge is 0.419 e. The molecule has 1 aliphatic heterocycles. The average Bonchev–Trinajstić information content (AvgIpc) is 3.15. The first kappa shape index (κ1) is 15.3. The Morgan fingerprint density at radius 2 is 1.75 bits per heavy atom. The Bertz CT molecular complexity index is 819. The first-order valence-electron chi connectivity index (χ1n) is 7.72. The van der Waals surface area contributed by atoms with Gasteiger partial charge in [0, 0.05) is 4.47 Å². The highest BCUT2D eigenvalue weighted by Crippen LogP contribution is 2.36. The van der Waals surface area contributed by atoms with E-state index < -0.39 is 0 Å². The first-order chi connectivity index (χ1) is 11.6. The molecule has 1 aliphatic carbocycles. The molecule has 2 atom stereocenters. The summed E-state index contributed by atoms with van der Waals surface area (Å²) < 4.78 is 6.49. The SMILES string of the molecule is O=C1C2CC=CCC2C(=O)N1Cc1nnc(-c2ccccc2Br)o1. The van der Waals surface area contributed by atoms with Gasteiger partial charge in [0.05, 0.1) is 17.4 Å². The van der Waals surface area contributed by atoms with Gasteiger partial charge in [0.15, 0.2) is 0 Å². The van der Waals surface area contributed by atoms with Gasteiger partial charge in [-0.3, -0.25) is 14.5 Å². The van der Waals surface area contributed by atoms with Gasteiger partial charge in [0.25, 0.3) is 0 Å². The van der Waals surface area contributed by atoms with Crippen molar-refractivity contribution in [3.63, 3.8) is 0 Å². The standard InChI is InChI=1S/C17H14BrN3O3/c18-13-8-4-3-7-12(13)15-20-19-14(24-15)9-21-16(22)10-5-1-2-6-11(10)17(21)23/h1-4,7-8,10-11H,5-6,9H2. The van der Waals surface area contributed by atoms with Crippen LogP contribution in [0, 0.1) is 11.8 Å². The van der Waals surface area contributed by atoms with E-state index in [0.717, 1.165) is 10.0 Å². The van der Waals surface area contributed by atoms with Crippen molar-refractivity contribution in [2.45, 2.75) is 19.4 Å². The number of carbonyl (C=O) groups is 2. The van der Waals surface area contributed by atoms with E-state index in [9.17, 15) is 9.59 Å². The highest BCUT2D eigenvalue weighted by atomic mass is 79.9. The van der Waals surface area contributed by atoms with Crippen molar-refractivity contribution in [2.24, 2.45) is 11.8 Å². The molecule has 1 saturated heterocycles. The Balaban J connectivity index is 1.56. The molecule has 0 N–H and O–H groups in total. The molecule has 2 unspecified atom stereocenters. The Kier molecular flexibility index (Phi) is 3.80. The number of nitrogens with zero attached hydrogens (tertiary/aromatic N) is 3. The fourth-order valence-electron chi connectivity index (χ4n) is 3.22. The number of hydrogen-bond donors (Lipinski definition) is 0. The highest BCUT2D eigenvalue weighted by Gasteiger charge is 2.47. The maximum atomic E-state index is 12.5. The topological polar surface area (TPSA) is 76.3 Å². The molecule has 0 spiro atoms. The van der Waals surface area contributed by atoms with Crippen molar-refractivity contribution in [1.29, 1.82) is 0 Å². The van der Waals surface area contributed by atoms with Gasteiger partial charge < -0.3 is 4.42 Å². The number of carbonyl (C=O) groups excluding carboxylic acids is 2. The Morgan fingerprint density at radius 3 is 2.42 bits per heavy atom. The molecular weight excluding hydrogens is 374 g/mol. The number of amides is 2. The van der Waals surface area contributed by atoms with Crippen LogP contribution in [-0.2, 0) is 16.1 Å². The number of benzene rings is 1. The van der Waals surface area contributed by atoms with Crippen LogP contribution in [0.25, 0.3) is 11.5 Å². The third kappa shape index (κ3) is 2.49. The van der Waals surface area contributed by atoms with Crippen LogP contribution in [0.4, 0.5) is 0 Å². The van der Waals surface area contributed by atoms with E-state index >= 15 is 0 Å². The lowest BCUT2D eigenvalue weighted by atomic mass is 9.85. The third-order valence-corrected chi connectivity index (χ3v) is 5.15. The second kappa shape index (κ2) is 5.98. The summed E-state index contributed by atoms with van der Waals surface area (Å²) in [5.74, 6) is -0.156. The van der Waals surface area contributed by atoms with Crippen LogP contribution in [-0.4, -0.2) is 26.9 Å². The molecule has 6 nitrogen and oxygen atoms in total. The van der Waals surface area contributed by atoms with Crippen molar-refractivity contribution in [2.75, 3.05) is 0 Å². The Labute approximate surface area is 146 Å². The van der Waals surface area contributed by atoms with E-state index in [-0.39, 0.29) is 36.1 Å². The van der Waals surface area contributed by atoms with Gasteiger partial charge in [-0.1, -0.05) is 24.3 Å². The summed E-state index contributed by atoms with van der Waals surface area (Å²) in [5, 5.41) is 8.01. The predicted octanol–water partition coefficient (Wildman–Crippen LogP) is 2.95. The number of hydrogen-bond acceptors (Lipinski definition) is 5. The number of halogens is 1. The molecular formula is C17H14BrN3O3. The van der Waals surface area contributed by atoms with Crippen molar-refractivity contribution in [3.05, 3.63) is 46.8 Å². The monoisotopic (exact) mass is 387 g/mol. The lowest BCUT2D eigenvalue weighted by Crippen LogP contribution is -2.30. The van der Waals surface area contributed by atoms with Crippen LogP contribution in [0.5, 0.6) is 0 Å². The molecule has 2 aromatic rings. The highest BCUT2D eigenvalue weighted by molar-refractivity contribution is 9.10. The number of allylic oxidation sites excluding steroid dienone is 2. The van der Waals surface area contributed by atoms with Crippen molar-refractivity contribution >= 4 is 27.7 Å². The molecule has 1 aromatic heterocycles. The summed E-state index contributed by atoms with van der Waals surface area (Å²) in [6.45, 7) is 0.0299. The van der Waals surface area contributed by atoms with Gasteiger partial charge in [0.2, 0.25) is 23.6 Å². The second-order valence-electron chi connectivity index (χ2n) is 5.90. The minimum Gasteiger partial charge on any atom is -0.419 e. The zero-order valence-electron chi connectivity index (χ0n) is 12.7. The van der Waals surface area contributed by atoms with E-state index in [1.165, 1.54) is 4.90 Å². The van der Waals surface area contributed by atoms with Crippen LogP contribution in [0.1, 0.15) is 18.7 Å². The molecule has 7 heteroatoms. The van der Waals surface area contributed by atoms with E-state index in [1.54, 1.807) is 0 Å². The first-order valence-corrected chi connectivity index (χ1v) is 8.52. The quantitative estimate of drug-likeness (QED) is 0.597. The Hall–Kier alpha value is -2.28. The normalized spacial score (nSPS) is 23.0. The molecule has 0 bridgehead atoms. The van der Waals surface area contributed by atoms with Gasteiger partial charge in [-0.25, -0.2) is 0 Å². The Morgan fingerprint density at radius 1 is 1.08 bits per heavy atom. The van der Waals surface area contributed by atoms with Crippen LogP contribution < -0.4 is 0 Å². The van der Waals surface area contributed by atoms with E-state index in [2.05, 4.69) is 26.1 Å². The number of aromatic nitrogens is 2. The maximum Gasteiger partial charge on any atom is 0.248 e. The van der Waals surface area contributed by atoms with Gasteiger partial charge in [0.1, 0.15) is 6.54 Å². The summed E-state index contributed by atoms with van der Waals surface area (Å²) in [5.41, 5.74) is 0.771. The molecule has 24 heavy (non-hydrogen) atoms. The lowest BCUT2D eigenvalue weighted by Gasteiger charge is -2.14. The number of likely N-dealkylation sites (tertiary alicyclic amines) is 1. The summed E-state index contributed by atoms with van der Waals surface area (Å²) in [6, 6.07) is 7.50. The van der Waals surface area contributed by atoms with E-state index in [1.807, 2.05) is 36.4 Å². The lowest BCUT2D eigenvalue weighted by molar-refractivity contribution is -0.140. The van der Waals surface area contributed by atoms with Crippen LogP contribution in [0.15, 0.2) is 45.3 Å². The molecule has 122 valence electrons. The van der Waals surface area contributed by atoms with Gasteiger partial charge in [-0.2, -0.15) is 0 Å². The van der Waals surface area contributed by atoms with E-state index in [0.29, 0.717) is 18.7 Å². The third-order valence-electron chi connectivity index (χ3n) is 4.46. The summed E-state index contributed by atoms with van der Waals surface area (Å²) in [7, 11) is 0. The van der Waals surface area contributed by atoms with E-state index in [4.69, 9.17) is 4.42 Å². The molecule has 0 saturated carbocycles. The summed E-state index contributed by atoms with van der Waals surface area (Å²) in [6.07, 6.45) is 5.18. The molecule has 1 aromatic carbocycles. The predicted molar refractivity (Wildman–Crippen MR) is 88.3 cm³/mol. The molecule has 2 aliphatic rings. The van der Waals surface area contributed by atoms with Crippen molar-refractivity contribution in [3.8, 4) is 11.5 Å². The smallest absolute Gasteiger partial charge is 0.248 e. The average molecular weight is 388 g/mol. The van der Waals surface area contributed by atoms with Crippen molar-refractivity contribution < 1.29 is 14.0 Å². The number of fused-ring (bicyclic) bond motifs is 1. The zero-order chi connectivity index (χ0) is 16.7. The fourth-order valence-corrected chi connectivity index (χ4v) is 3.68. The minimum atomic E-state index is -0.242. The van der Waals surface area contributed by atoms with Crippen LogP contribution >= 0.6 is 15.9 Å².